The van der Waals surface area contributed by atoms with Gasteiger partial charge in [0.05, 0.1) is 12.5 Å². The van der Waals surface area contributed by atoms with Gasteiger partial charge in [0.2, 0.25) is 0 Å². The fraction of sp³-hybridized carbons (Fsp3) is 0.118. The third-order valence-electron chi connectivity index (χ3n) is 7.38. The number of aromatic amines is 1. The van der Waals surface area contributed by atoms with Gasteiger partial charge in [-0.1, -0.05) is 115 Å². The molecule has 5 aromatic rings. The summed E-state index contributed by atoms with van der Waals surface area (Å²) in [5, 5.41) is 1.22. The third kappa shape index (κ3) is 3.41. The second-order valence-corrected chi connectivity index (χ2v) is 9.48. The molecule has 0 saturated heterocycles. The Kier molecular flexibility index (Phi) is 5.58. The summed E-state index contributed by atoms with van der Waals surface area (Å²) in [7, 11) is 1.77. The molecule has 4 aromatic carbocycles. The summed E-state index contributed by atoms with van der Waals surface area (Å²) in [6.45, 7) is 2.21. The molecule has 1 aliphatic carbocycles. The third-order valence-corrected chi connectivity index (χ3v) is 7.38. The molecule has 36 heavy (non-hydrogen) atoms. The Bertz CT molecular complexity index is 1590. The topological polar surface area (TPSA) is 25.0 Å². The van der Waals surface area contributed by atoms with Crippen molar-refractivity contribution in [2.75, 3.05) is 7.11 Å². The Morgan fingerprint density at radius 2 is 1.39 bits per heavy atom. The summed E-state index contributed by atoms with van der Waals surface area (Å²) in [6, 6.07) is 38.7. The molecule has 1 aliphatic rings. The van der Waals surface area contributed by atoms with Gasteiger partial charge >= 0.3 is 0 Å². The number of allylic oxidation sites excluding steroid dienone is 4. The van der Waals surface area contributed by atoms with Crippen LogP contribution in [0.1, 0.15) is 30.2 Å². The van der Waals surface area contributed by atoms with Gasteiger partial charge in [-0.25, -0.2) is 0 Å². The first kappa shape index (κ1) is 22.2. The highest BCUT2D eigenvalue weighted by Crippen LogP contribution is 2.54. The number of hydrogen-bond donors (Lipinski definition) is 1. The summed E-state index contributed by atoms with van der Waals surface area (Å²) >= 11 is 0. The molecule has 1 aromatic heterocycles. The lowest BCUT2D eigenvalue weighted by Gasteiger charge is -2.38. The second kappa shape index (κ2) is 9.05. The van der Waals surface area contributed by atoms with Crippen molar-refractivity contribution in [2.45, 2.75) is 18.8 Å². The molecule has 0 fully saturated rings. The zero-order valence-electron chi connectivity index (χ0n) is 20.7. The smallest absolute Gasteiger partial charge is 0.123 e. The minimum absolute atomic E-state index is 0.577. The largest absolute Gasteiger partial charge is 0.496 e. The predicted molar refractivity (Wildman–Crippen MR) is 150 cm³/mol. The molecule has 6 rings (SSSR count). The van der Waals surface area contributed by atoms with Crippen molar-refractivity contribution in [3.05, 3.63) is 149 Å². The summed E-state index contributed by atoms with van der Waals surface area (Å²) < 4.78 is 6.04. The van der Waals surface area contributed by atoms with E-state index >= 15 is 0 Å². The molecular formula is C34H29NO. The molecule has 0 amide bonds. The van der Waals surface area contributed by atoms with Crippen molar-refractivity contribution in [3.8, 4) is 16.9 Å². The Balaban J connectivity index is 1.82. The Morgan fingerprint density at radius 3 is 2.11 bits per heavy atom. The molecule has 0 radical (unpaired) electrons. The monoisotopic (exact) mass is 467 g/mol. The van der Waals surface area contributed by atoms with Crippen molar-refractivity contribution in [1.82, 2.24) is 4.98 Å². The van der Waals surface area contributed by atoms with Gasteiger partial charge in [0.15, 0.2) is 0 Å². The van der Waals surface area contributed by atoms with E-state index in [4.69, 9.17) is 4.74 Å². The lowest BCUT2D eigenvalue weighted by molar-refractivity contribution is 0.404. The first-order valence-electron chi connectivity index (χ1n) is 12.5. The number of benzene rings is 4. The van der Waals surface area contributed by atoms with Crippen LogP contribution in [0, 0.1) is 0 Å². The maximum atomic E-state index is 6.04. The van der Waals surface area contributed by atoms with Crippen LogP contribution in [0.4, 0.5) is 0 Å². The zero-order chi connectivity index (χ0) is 24.5. The molecule has 176 valence electrons. The van der Waals surface area contributed by atoms with Gasteiger partial charge in [-0.15, -0.1) is 0 Å². The fourth-order valence-electron chi connectivity index (χ4n) is 5.84. The standard InChI is InChI=1S/C34H29NO/c1-24-21-22-27(23-24)34(26-15-7-4-8-16-26,29-18-10-12-20-31(29)36-2)33-32(25-13-5-3-6-14-25)28-17-9-11-19-30(28)35-33/h3-22,35H,23H2,1-2H3/t34-/m1/s1. The van der Waals surface area contributed by atoms with E-state index in [1.54, 1.807) is 7.11 Å². The van der Waals surface area contributed by atoms with Crippen LogP contribution in [-0.4, -0.2) is 12.1 Å². The lowest BCUT2D eigenvalue weighted by atomic mass is 9.64. The average molecular weight is 468 g/mol. The van der Waals surface area contributed by atoms with Crippen molar-refractivity contribution >= 4 is 10.9 Å². The van der Waals surface area contributed by atoms with Gasteiger partial charge in [-0.3, -0.25) is 0 Å². The van der Waals surface area contributed by atoms with Crippen LogP contribution in [0.2, 0.25) is 0 Å². The number of methoxy groups -OCH3 is 1. The van der Waals surface area contributed by atoms with Gasteiger partial charge in [0.1, 0.15) is 5.75 Å². The van der Waals surface area contributed by atoms with Crippen LogP contribution < -0.4 is 4.74 Å². The molecule has 2 nitrogen and oxygen atoms in total. The second-order valence-electron chi connectivity index (χ2n) is 9.48. The predicted octanol–water partition coefficient (Wildman–Crippen LogP) is 8.45. The van der Waals surface area contributed by atoms with E-state index in [1.807, 2.05) is 6.07 Å². The number of nitrogens with one attached hydrogen (secondary N) is 1. The van der Waals surface area contributed by atoms with Crippen LogP contribution in [0.25, 0.3) is 22.0 Å². The van der Waals surface area contributed by atoms with Crippen LogP contribution in [0.15, 0.2) is 132 Å². The molecule has 0 bridgehead atoms. The van der Waals surface area contributed by atoms with Crippen LogP contribution >= 0.6 is 0 Å². The molecular weight excluding hydrogens is 438 g/mol. The number of aromatic nitrogens is 1. The molecule has 1 N–H and O–H groups in total. The van der Waals surface area contributed by atoms with Gasteiger partial charge in [-0.2, -0.15) is 0 Å². The lowest BCUT2D eigenvalue weighted by Crippen LogP contribution is -2.33. The highest BCUT2D eigenvalue weighted by molar-refractivity contribution is 5.99. The van der Waals surface area contributed by atoms with Crippen molar-refractivity contribution in [2.24, 2.45) is 0 Å². The van der Waals surface area contributed by atoms with Gasteiger partial charge < -0.3 is 9.72 Å². The molecule has 2 heteroatoms. The van der Waals surface area contributed by atoms with Gasteiger partial charge in [-0.05, 0) is 42.2 Å². The number of rotatable bonds is 6. The van der Waals surface area contributed by atoms with E-state index in [2.05, 4.69) is 127 Å². The Hall–Kier alpha value is -4.30. The van der Waals surface area contributed by atoms with Gasteiger partial charge in [0, 0.05) is 27.7 Å². The Morgan fingerprint density at radius 1 is 0.722 bits per heavy atom. The maximum absolute atomic E-state index is 6.04. The maximum Gasteiger partial charge on any atom is 0.123 e. The van der Waals surface area contributed by atoms with E-state index in [9.17, 15) is 0 Å². The van der Waals surface area contributed by atoms with Gasteiger partial charge in [0.25, 0.3) is 0 Å². The minimum Gasteiger partial charge on any atom is -0.496 e. The summed E-state index contributed by atoms with van der Waals surface area (Å²) in [4.78, 5) is 3.92. The molecule has 1 atom stereocenters. The molecule has 1 heterocycles. The molecule has 0 aliphatic heterocycles. The van der Waals surface area contributed by atoms with E-state index in [0.29, 0.717) is 0 Å². The normalized spacial score (nSPS) is 14.8. The van der Waals surface area contributed by atoms with Crippen molar-refractivity contribution in [1.29, 1.82) is 0 Å². The zero-order valence-corrected chi connectivity index (χ0v) is 20.7. The van der Waals surface area contributed by atoms with E-state index < -0.39 is 5.41 Å². The minimum atomic E-state index is -0.577. The number of para-hydroxylation sites is 2. The first-order valence-corrected chi connectivity index (χ1v) is 12.5. The van der Waals surface area contributed by atoms with E-state index in [0.717, 1.165) is 23.3 Å². The van der Waals surface area contributed by atoms with Crippen LogP contribution in [-0.2, 0) is 5.41 Å². The van der Waals surface area contributed by atoms with Crippen molar-refractivity contribution in [3.63, 3.8) is 0 Å². The summed E-state index contributed by atoms with van der Waals surface area (Å²) in [6.07, 6.45) is 5.47. The molecule has 0 unspecified atom stereocenters. The first-order chi connectivity index (χ1) is 17.7. The van der Waals surface area contributed by atoms with Crippen LogP contribution in [0.5, 0.6) is 5.75 Å². The number of ether oxygens (including phenoxy) is 1. The number of H-pyrrole nitrogens is 1. The van der Waals surface area contributed by atoms with E-state index in [-0.39, 0.29) is 0 Å². The van der Waals surface area contributed by atoms with Crippen LogP contribution in [0.3, 0.4) is 0 Å². The number of hydrogen-bond acceptors (Lipinski definition) is 1. The summed E-state index contributed by atoms with van der Waals surface area (Å²) in [5.74, 6) is 0.879. The molecule has 0 saturated carbocycles. The van der Waals surface area contributed by atoms with E-state index in [1.165, 1.54) is 38.9 Å². The Labute approximate surface area is 212 Å². The highest BCUT2D eigenvalue weighted by atomic mass is 16.5. The quantitative estimate of drug-likeness (QED) is 0.266. The molecule has 0 spiro atoms. The van der Waals surface area contributed by atoms with Crippen molar-refractivity contribution < 1.29 is 4.74 Å². The SMILES string of the molecule is COc1ccccc1[C@](C1=CC=C(C)C1)(c1ccccc1)c1[nH]c2ccccc2c1-c1ccccc1. The average Bonchev–Trinajstić information content (AvgIpc) is 3.55. The highest BCUT2D eigenvalue weighted by Gasteiger charge is 2.45. The fourth-order valence-corrected chi connectivity index (χ4v) is 5.84. The number of fused-ring (bicyclic) bond motifs is 1. The summed E-state index contributed by atoms with van der Waals surface area (Å²) in [5.41, 5.74) is 9.19.